The molecule has 0 rings (SSSR count). The van der Waals surface area contributed by atoms with Crippen LogP contribution in [0.5, 0.6) is 0 Å². The highest BCUT2D eigenvalue weighted by molar-refractivity contribution is 6.01. The molecule has 6 N–H and O–H groups in total. The fraction of sp³-hybridized carbons (Fsp3) is 0.600. The largest absolute Gasteiger partial charge is 0.300 e. The fourth-order valence-corrected chi connectivity index (χ4v) is 0.379. The SMILES string of the molecule is CC(=O)CC(=O)C(N)(N)N. The highest BCUT2D eigenvalue weighted by Crippen LogP contribution is 1.90. The molecule has 0 aliphatic heterocycles. The summed E-state index contributed by atoms with van der Waals surface area (Å²) in [5, 5.41) is 0. The van der Waals surface area contributed by atoms with E-state index in [0.717, 1.165) is 0 Å². The van der Waals surface area contributed by atoms with Gasteiger partial charge >= 0.3 is 0 Å². The van der Waals surface area contributed by atoms with Crippen LogP contribution in [0.4, 0.5) is 0 Å². The average Bonchev–Trinajstić information content (AvgIpc) is 1.60. The number of hydrogen-bond acceptors (Lipinski definition) is 5. The monoisotopic (exact) mass is 145 g/mol. The summed E-state index contributed by atoms with van der Waals surface area (Å²) in [5.41, 5.74) is 14.9. The van der Waals surface area contributed by atoms with Crippen LogP contribution < -0.4 is 17.2 Å². The summed E-state index contributed by atoms with van der Waals surface area (Å²) < 4.78 is 0. The smallest absolute Gasteiger partial charge is 0.189 e. The quantitative estimate of drug-likeness (QED) is 0.316. The van der Waals surface area contributed by atoms with E-state index in [0.29, 0.717) is 0 Å². The first-order chi connectivity index (χ1) is 4.34. The minimum atomic E-state index is -1.87. The maximum Gasteiger partial charge on any atom is 0.189 e. The molecule has 0 aromatic heterocycles. The lowest BCUT2D eigenvalue weighted by Gasteiger charge is -2.14. The Balaban J connectivity index is 3.99. The number of Topliss-reactive ketones (excluding diaryl/α,β-unsaturated/α-hetero) is 2. The van der Waals surface area contributed by atoms with E-state index < -0.39 is 11.6 Å². The van der Waals surface area contributed by atoms with Crippen LogP contribution in [0.1, 0.15) is 13.3 Å². The van der Waals surface area contributed by atoms with Gasteiger partial charge in [-0.1, -0.05) is 0 Å². The predicted molar refractivity (Wildman–Crippen MR) is 35.6 cm³/mol. The van der Waals surface area contributed by atoms with Gasteiger partial charge in [-0.2, -0.15) is 0 Å². The molecule has 0 amide bonds. The van der Waals surface area contributed by atoms with Crippen LogP contribution in [0.25, 0.3) is 0 Å². The second kappa shape index (κ2) is 2.87. The Morgan fingerprint density at radius 2 is 1.70 bits per heavy atom. The van der Waals surface area contributed by atoms with E-state index in [1.807, 2.05) is 0 Å². The van der Waals surface area contributed by atoms with Gasteiger partial charge in [-0.15, -0.1) is 0 Å². The summed E-state index contributed by atoms with van der Waals surface area (Å²) in [7, 11) is 0. The van der Waals surface area contributed by atoms with Crippen LogP contribution in [0.2, 0.25) is 0 Å². The minimum absolute atomic E-state index is 0.296. The van der Waals surface area contributed by atoms with Crippen molar-refractivity contribution in [2.75, 3.05) is 0 Å². The molecule has 0 saturated carbocycles. The topological polar surface area (TPSA) is 112 Å². The molecule has 0 aromatic carbocycles. The second-order valence-corrected chi connectivity index (χ2v) is 2.23. The Labute approximate surface area is 58.5 Å². The van der Waals surface area contributed by atoms with Crippen LogP contribution in [-0.2, 0) is 9.59 Å². The van der Waals surface area contributed by atoms with Crippen LogP contribution >= 0.6 is 0 Å². The zero-order chi connectivity index (χ0) is 8.36. The van der Waals surface area contributed by atoms with Gasteiger partial charge in [0, 0.05) is 0 Å². The number of hydrogen-bond donors (Lipinski definition) is 3. The molecule has 0 radical (unpaired) electrons. The lowest BCUT2D eigenvalue weighted by molar-refractivity contribution is -0.129. The first kappa shape index (κ1) is 9.22. The van der Waals surface area contributed by atoms with Crippen molar-refractivity contribution in [3.8, 4) is 0 Å². The highest BCUT2D eigenvalue weighted by Gasteiger charge is 2.23. The lowest BCUT2D eigenvalue weighted by atomic mass is 10.1. The van der Waals surface area contributed by atoms with Crippen molar-refractivity contribution in [3.63, 3.8) is 0 Å². The van der Waals surface area contributed by atoms with Crippen molar-refractivity contribution in [3.05, 3.63) is 0 Å². The molecule has 0 spiro atoms. The summed E-state index contributed by atoms with van der Waals surface area (Å²) in [5.74, 6) is -2.82. The number of carbonyl (C=O) groups is 2. The molecule has 10 heavy (non-hydrogen) atoms. The number of ketones is 2. The Kier molecular flexibility index (Phi) is 2.65. The molecule has 0 aliphatic carbocycles. The molecular weight excluding hydrogens is 134 g/mol. The van der Waals surface area contributed by atoms with Crippen molar-refractivity contribution in [2.24, 2.45) is 17.2 Å². The first-order valence-electron chi connectivity index (χ1n) is 2.73. The van der Waals surface area contributed by atoms with Gasteiger partial charge in [-0.05, 0) is 6.92 Å². The van der Waals surface area contributed by atoms with Crippen molar-refractivity contribution >= 4 is 11.6 Å². The molecule has 0 saturated heterocycles. The fourth-order valence-electron chi connectivity index (χ4n) is 0.379. The maximum atomic E-state index is 10.7. The second-order valence-electron chi connectivity index (χ2n) is 2.23. The average molecular weight is 145 g/mol. The van der Waals surface area contributed by atoms with Gasteiger partial charge in [0.25, 0.3) is 0 Å². The third kappa shape index (κ3) is 3.29. The maximum absolute atomic E-state index is 10.7. The molecule has 0 aromatic rings. The van der Waals surface area contributed by atoms with E-state index in [1.165, 1.54) is 6.92 Å². The number of nitrogens with two attached hydrogens (primary N) is 3. The summed E-state index contributed by atoms with van der Waals surface area (Å²) in [6, 6.07) is 0. The van der Waals surface area contributed by atoms with Gasteiger partial charge in [0.05, 0.1) is 6.42 Å². The van der Waals surface area contributed by atoms with E-state index >= 15 is 0 Å². The van der Waals surface area contributed by atoms with Crippen molar-refractivity contribution in [2.45, 2.75) is 19.1 Å². The van der Waals surface area contributed by atoms with Crippen molar-refractivity contribution in [1.82, 2.24) is 0 Å². The zero-order valence-electron chi connectivity index (χ0n) is 5.76. The van der Waals surface area contributed by atoms with Crippen LogP contribution in [-0.4, -0.2) is 17.4 Å². The summed E-state index contributed by atoms with van der Waals surface area (Å²) in [6.45, 7) is 1.27. The molecule has 0 fully saturated rings. The number of rotatable bonds is 3. The summed E-state index contributed by atoms with van der Waals surface area (Å²) >= 11 is 0. The Morgan fingerprint density at radius 1 is 1.30 bits per heavy atom. The predicted octanol–water partition coefficient (Wildman–Crippen LogP) is -1.94. The van der Waals surface area contributed by atoms with E-state index in [9.17, 15) is 9.59 Å². The summed E-state index contributed by atoms with van der Waals surface area (Å²) in [4.78, 5) is 21.0. The van der Waals surface area contributed by atoms with Crippen LogP contribution in [0.3, 0.4) is 0 Å². The van der Waals surface area contributed by atoms with Gasteiger partial charge in [0.2, 0.25) is 0 Å². The van der Waals surface area contributed by atoms with Crippen LogP contribution in [0, 0.1) is 0 Å². The molecule has 5 nitrogen and oxygen atoms in total. The van der Waals surface area contributed by atoms with Crippen molar-refractivity contribution < 1.29 is 9.59 Å². The summed E-state index contributed by atoms with van der Waals surface area (Å²) in [6.07, 6.45) is -0.302. The van der Waals surface area contributed by atoms with Gasteiger partial charge in [-0.3, -0.25) is 26.8 Å². The van der Waals surface area contributed by atoms with E-state index in [4.69, 9.17) is 17.2 Å². The molecular formula is C5H11N3O2. The minimum Gasteiger partial charge on any atom is -0.300 e. The van der Waals surface area contributed by atoms with E-state index in [-0.39, 0.29) is 12.2 Å². The normalized spacial score (nSPS) is 11.2. The molecule has 58 valence electrons. The third-order valence-electron chi connectivity index (χ3n) is 0.892. The Bertz CT molecular complexity index is 159. The molecule has 0 atom stereocenters. The van der Waals surface area contributed by atoms with Gasteiger partial charge in [0.1, 0.15) is 5.78 Å². The third-order valence-corrected chi connectivity index (χ3v) is 0.892. The van der Waals surface area contributed by atoms with Crippen LogP contribution in [0.15, 0.2) is 0 Å². The first-order valence-corrected chi connectivity index (χ1v) is 2.73. The lowest BCUT2D eigenvalue weighted by Crippen LogP contribution is -2.64. The van der Waals surface area contributed by atoms with Crippen molar-refractivity contribution in [1.29, 1.82) is 0 Å². The Hall–Kier alpha value is -0.780. The standard InChI is InChI=1S/C5H11N3O2/c1-3(9)2-4(10)5(6,7)8/h2,6-8H2,1H3. The van der Waals surface area contributed by atoms with E-state index in [2.05, 4.69) is 0 Å². The molecule has 0 bridgehead atoms. The highest BCUT2D eigenvalue weighted by atomic mass is 16.2. The Morgan fingerprint density at radius 3 is 1.80 bits per heavy atom. The molecule has 0 aliphatic rings. The van der Waals surface area contributed by atoms with Gasteiger partial charge < -0.3 is 0 Å². The molecule has 5 heteroatoms. The van der Waals surface area contributed by atoms with Gasteiger partial charge in [0.15, 0.2) is 11.6 Å². The zero-order valence-corrected chi connectivity index (χ0v) is 5.76. The van der Waals surface area contributed by atoms with E-state index in [1.54, 1.807) is 0 Å². The van der Waals surface area contributed by atoms with Gasteiger partial charge in [-0.25, -0.2) is 0 Å². The molecule has 0 heterocycles. The molecule has 0 unspecified atom stereocenters. The number of carbonyl (C=O) groups excluding carboxylic acids is 2.